The molecule has 0 unspecified atom stereocenters. The number of rotatable bonds is 2. The number of phenolic OH excluding ortho intramolecular Hbond substituents is 1. The molecular formula is C14H19NO. The van der Waals surface area contributed by atoms with E-state index in [1.165, 1.54) is 32.1 Å². The van der Waals surface area contributed by atoms with E-state index >= 15 is 0 Å². The lowest BCUT2D eigenvalue weighted by atomic mass is 9.83. The molecule has 1 aliphatic rings. The fourth-order valence-corrected chi connectivity index (χ4v) is 2.63. The number of aryl methyl sites for hydroxylation is 1. The Morgan fingerprint density at radius 1 is 1.25 bits per heavy atom. The molecule has 0 heterocycles. The molecule has 16 heavy (non-hydrogen) atoms. The van der Waals surface area contributed by atoms with Gasteiger partial charge in [-0.05, 0) is 49.6 Å². The van der Waals surface area contributed by atoms with E-state index in [2.05, 4.69) is 17.8 Å². The zero-order valence-electron chi connectivity index (χ0n) is 9.87. The smallest absolute Gasteiger partial charge is 0.144 e. The van der Waals surface area contributed by atoms with Crippen LogP contribution in [0.25, 0.3) is 0 Å². The number of aliphatic imine (C=N–C) groups is 1. The predicted octanol–water partition coefficient (Wildman–Crippen LogP) is 4.08. The van der Waals surface area contributed by atoms with Gasteiger partial charge in [0.2, 0.25) is 0 Å². The maximum Gasteiger partial charge on any atom is 0.144 e. The lowest BCUT2D eigenvalue weighted by Crippen LogP contribution is -2.05. The first kappa shape index (κ1) is 11.2. The zero-order chi connectivity index (χ0) is 11.5. The molecule has 2 nitrogen and oxygen atoms in total. The summed E-state index contributed by atoms with van der Waals surface area (Å²) in [7, 11) is 0. The molecule has 1 aromatic rings. The van der Waals surface area contributed by atoms with Gasteiger partial charge in [0.05, 0.1) is 0 Å². The Labute approximate surface area is 97.0 Å². The van der Waals surface area contributed by atoms with Crippen molar-refractivity contribution in [2.45, 2.75) is 44.9 Å². The maximum atomic E-state index is 10.1. The Morgan fingerprint density at radius 2 is 1.94 bits per heavy atom. The van der Waals surface area contributed by atoms with Crippen LogP contribution in [0, 0.1) is 6.92 Å². The van der Waals surface area contributed by atoms with Gasteiger partial charge < -0.3 is 5.11 Å². The van der Waals surface area contributed by atoms with Gasteiger partial charge in [0.25, 0.3) is 0 Å². The summed E-state index contributed by atoms with van der Waals surface area (Å²) in [5, 5.41) is 10.1. The summed E-state index contributed by atoms with van der Waals surface area (Å²) in [5.41, 5.74) is 2.85. The Bertz CT molecular complexity index is 392. The number of hydrogen-bond donors (Lipinski definition) is 1. The molecule has 0 saturated heterocycles. The van der Waals surface area contributed by atoms with E-state index in [0.717, 1.165) is 11.1 Å². The Morgan fingerprint density at radius 3 is 2.56 bits per heavy atom. The quantitative estimate of drug-likeness (QED) is 0.744. The van der Waals surface area contributed by atoms with Crippen molar-refractivity contribution >= 4 is 12.4 Å². The summed E-state index contributed by atoms with van der Waals surface area (Å²) in [5.74, 6) is 0.849. The minimum absolute atomic E-state index is 0.340. The molecule has 1 saturated carbocycles. The molecule has 0 amide bonds. The van der Waals surface area contributed by atoms with E-state index in [4.69, 9.17) is 0 Å². The van der Waals surface area contributed by atoms with Gasteiger partial charge in [-0.1, -0.05) is 25.3 Å². The van der Waals surface area contributed by atoms with Crippen LogP contribution >= 0.6 is 0 Å². The summed E-state index contributed by atoms with van der Waals surface area (Å²) < 4.78 is 0. The van der Waals surface area contributed by atoms with Gasteiger partial charge in [-0.25, -0.2) is 0 Å². The third kappa shape index (κ3) is 2.11. The lowest BCUT2D eigenvalue weighted by molar-refractivity contribution is 0.415. The second-order valence-electron chi connectivity index (χ2n) is 4.71. The van der Waals surface area contributed by atoms with Crippen molar-refractivity contribution < 1.29 is 5.11 Å². The van der Waals surface area contributed by atoms with Crippen LogP contribution in [-0.2, 0) is 0 Å². The molecule has 2 heteroatoms. The summed E-state index contributed by atoms with van der Waals surface area (Å²) in [6, 6.07) is 3.98. The highest BCUT2D eigenvalue weighted by atomic mass is 16.3. The van der Waals surface area contributed by atoms with Crippen molar-refractivity contribution in [1.82, 2.24) is 0 Å². The third-order valence-electron chi connectivity index (χ3n) is 3.48. The number of phenols is 1. The molecule has 0 radical (unpaired) electrons. The molecule has 1 N–H and O–H groups in total. The van der Waals surface area contributed by atoms with Gasteiger partial charge in [0, 0.05) is 0 Å². The summed E-state index contributed by atoms with van der Waals surface area (Å²) in [6.45, 7) is 5.55. The van der Waals surface area contributed by atoms with Crippen LogP contribution in [0.1, 0.15) is 49.1 Å². The first-order valence-electron chi connectivity index (χ1n) is 6.02. The van der Waals surface area contributed by atoms with Crippen LogP contribution in [0.3, 0.4) is 0 Å². The van der Waals surface area contributed by atoms with E-state index in [1.54, 1.807) is 0 Å². The van der Waals surface area contributed by atoms with Gasteiger partial charge in [0.1, 0.15) is 11.4 Å². The van der Waals surface area contributed by atoms with Crippen LogP contribution in [0.5, 0.6) is 5.75 Å². The van der Waals surface area contributed by atoms with Crippen molar-refractivity contribution in [3.05, 3.63) is 23.3 Å². The molecule has 1 aromatic carbocycles. The minimum Gasteiger partial charge on any atom is -0.505 e. The fourth-order valence-electron chi connectivity index (χ4n) is 2.63. The second-order valence-corrected chi connectivity index (χ2v) is 4.71. The average Bonchev–Trinajstić information content (AvgIpc) is 2.33. The largest absolute Gasteiger partial charge is 0.505 e. The molecule has 0 spiro atoms. The third-order valence-corrected chi connectivity index (χ3v) is 3.48. The first-order valence-corrected chi connectivity index (χ1v) is 6.02. The average molecular weight is 217 g/mol. The normalized spacial score (nSPS) is 17.3. The second kappa shape index (κ2) is 4.69. The van der Waals surface area contributed by atoms with Crippen LogP contribution < -0.4 is 0 Å². The van der Waals surface area contributed by atoms with E-state index in [-0.39, 0.29) is 0 Å². The summed E-state index contributed by atoms with van der Waals surface area (Å²) in [6.07, 6.45) is 6.25. The number of hydrogen-bond acceptors (Lipinski definition) is 2. The number of benzene rings is 1. The lowest BCUT2D eigenvalue weighted by Gasteiger charge is -2.23. The van der Waals surface area contributed by atoms with E-state index in [9.17, 15) is 5.11 Å². The molecule has 1 fully saturated rings. The molecule has 0 aromatic heterocycles. The topological polar surface area (TPSA) is 32.6 Å². The van der Waals surface area contributed by atoms with Crippen LogP contribution in [-0.4, -0.2) is 11.8 Å². The Kier molecular flexibility index (Phi) is 3.28. The number of aromatic hydroxyl groups is 1. The highest BCUT2D eigenvalue weighted by Crippen LogP contribution is 2.41. The highest BCUT2D eigenvalue weighted by molar-refractivity contribution is 5.61. The van der Waals surface area contributed by atoms with E-state index < -0.39 is 0 Å². The van der Waals surface area contributed by atoms with Crippen LogP contribution in [0.4, 0.5) is 5.69 Å². The summed E-state index contributed by atoms with van der Waals surface area (Å²) >= 11 is 0. The van der Waals surface area contributed by atoms with Gasteiger partial charge in [-0.3, -0.25) is 4.99 Å². The van der Waals surface area contributed by atoms with Crippen molar-refractivity contribution in [3.8, 4) is 5.75 Å². The van der Waals surface area contributed by atoms with Crippen molar-refractivity contribution in [2.75, 3.05) is 0 Å². The molecular weight excluding hydrogens is 198 g/mol. The van der Waals surface area contributed by atoms with Gasteiger partial charge >= 0.3 is 0 Å². The predicted molar refractivity (Wildman–Crippen MR) is 67.9 cm³/mol. The highest BCUT2D eigenvalue weighted by Gasteiger charge is 2.20. The van der Waals surface area contributed by atoms with E-state index in [0.29, 0.717) is 17.4 Å². The van der Waals surface area contributed by atoms with Gasteiger partial charge in [-0.15, -0.1) is 0 Å². The minimum atomic E-state index is 0.340. The maximum absolute atomic E-state index is 10.1. The Hall–Kier alpha value is -1.31. The first-order chi connectivity index (χ1) is 7.72. The molecule has 0 aliphatic heterocycles. The number of nitrogens with zero attached hydrogens (tertiary/aromatic N) is 1. The van der Waals surface area contributed by atoms with Crippen LogP contribution in [0.2, 0.25) is 0 Å². The zero-order valence-corrected chi connectivity index (χ0v) is 9.87. The molecule has 2 rings (SSSR count). The summed E-state index contributed by atoms with van der Waals surface area (Å²) in [4.78, 5) is 3.89. The fraction of sp³-hybridized carbons (Fsp3) is 0.500. The molecule has 0 bridgehead atoms. The van der Waals surface area contributed by atoms with Crippen LogP contribution in [0.15, 0.2) is 17.1 Å². The van der Waals surface area contributed by atoms with Crippen molar-refractivity contribution in [1.29, 1.82) is 0 Å². The molecule has 0 atom stereocenters. The molecule has 1 aliphatic carbocycles. The standard InChI is InChI=1S/C14H19NO/c1-10-8-12(11-6-4-3-5-7-11)14(16)13(9-10)15-2/h8-9,11,16H,2-7H2,1H3. The van der Waals surface area contributed by atoms with Crippen molar-refractivity contribution in [3.63, 3.8) is 0 Å². The van der Waals surface area contributed by atoms with Gasteiger partial charge in [0.15, 0.2) is 0 Å². The SMILES string of the molecule is C=Nc1cc(C)cc(C2CCCCC2)c1O. The monoisotopic (exact) mass is 217 g/mol. The van der Waals surface area contributed by atoms with E-state index in [1.807, 2.05) is 13.0 Å². The Balaban J connectivity index is 2.38. The molecule has 86 valence electrons. The van der Waals surface area contributed by atoms with Crippen molar-refractivity contribution in [2.24, 2.45) is 4.99 Å². The van der Waals surface area contributed by atoms with Gasteiger partial charge in [-0.2, -0.15) is 0 Å².